The lowest BCUT2D eigenvalue weighted by Gasteiger charge is -2.20. The van der Waals surface area contributed by atoms with Crippen LogP contribution in [0.5, 0.6) is 0 Å². The molecule has 0 nitrogen and oxygen atoms in total. The van der Waals surface area contributed by atoms with Gasteiger partial charge in [-0.15, -0.1) is 0 Å². The minimum atomic E-state index is 0.529. The molecule has 0 aliphatic carbocycles. The Morgan fingerprint density at radius 2 is 1.67 bits per heavy atom. The van der Waals surface area contributed by atoms with E-state index in [0.717, 1.165) is 11.8 Å². The molecule has 0 radical (unpaired) electrons. The molecule has 3 unspecified atom stereocenters. The number of halogens is 4. The predicted molar refractivity (Wildman–Crippen MR) is 71.5 cm³/mol. The third-order valence-electron chi connectivity index (χ3n) is 1.69. The van der Waals surface area contributed by atoms with Crippen LogP contribution in [0, 0.1) is 0 Å². The van der Waals surface area contributed by atoms with Gasteiger partial charge in [-0.1, -0.05) is 70.6 Å². The number of alkyl halides is 4. The lowest BCUT2D eigenvalue weighted by molar-refractivity contribution is 0.689. The van der Waals surface area contributed by atoms with Crippen LogP contribution in [0.25, 0.3) is 0 Å². The molecule has 0 aliphatic rings. The van der Waals surface area contributed by atoms with Gasteiger partial charge in [0.1, 0.15) is 0 Å². The van der Waals surface area contributed by atoms with Crippen LogP contribution in [0.3, 0.4) is 0 Å². The van der Waals surface area contributed by atoms with Gasteiger partial charge in [0.15, 0.2) is 0 Å². The van der Waals surface area contributed by atoms with Crippen LogP contribution in [-0.4, -0.2) is 19.8 Å². The molecule has 0 aromatic heterocycles. The van der Waals surface area contributed by atoms with Crippen molar-refractivity contribution in [1.82, 2.24) is 0 Å². The highest BCUT2D eigenvalue weighted by atomic mass is 79.9. The summed E-state index contributed by atoms with van der Waals surface area (Å²) in [5.41, 5.74) is 0. The fourth-order valence-electron chi connectivity index (χ4n) is 0.883. The van der Waals surface area contributed by atoms with E-state index in [9.17, 15) is 0 Å². The largest absolute Gasteiger partial charge is 0.0928 e. The maximum atomic E-state index is 3.69. The van der Waals surface area contributed by atoms with Crippen molar-refractivity contribution in [2.45, 2.75) is 40.7 Å². The van der Waals surface area contributed by atoms with Gasteiger partial charge in [-0.25, -0.2) is 0 Å². The molecule has 0 aromatic rings. The first-order chi connectivity index (χ1) is 5.63. The van der Waals surface area contributed by atoms with E-state index in [1.54, 1.807) is 0 Å². The van der Waals surface area contributed by atoms with Crippen molar-refractivity contribution in [2.75, 3.05) is 5.33 Å². The second-order valence-corrected chi connectivity index (χ2v) is 6.92. The van der Waals surface area contributed by atoms with Crippen LogP contribution in [-0.2, 0) is 0 Å². The molecule has 0 bridgehead atoms. The van der Waals surface area contributed by atoms with Gasteiger partial charge in [0.05, 0.1) is 0 Å². The summed E-state index contributed by atoms with van der Waals surface area (Å²) in [4.78, 5) is 1.66. The zero-order valence-electron chi connectivity index (χ0n) is 7.07. The molecule has 0 N–H and O–H groups in total. The molecule has 0 spiro atoms. The molecular weight excluding hydrogens is 416 g/mol. The van der Waals surface area contributed by atoms with Crippen LogP contribution in [0.15, 0.2) is 0 Å². The van der Waals surface area contributed by atoms with E-state index < -0.39 is 0 Å². The molecule has 0 amide bonds. The van der Waals surface area contributed by atoms with Crippen molar-refractivity contribution in [3.63, 3.8) is 0 Å². The maximum absolute atomic E-state index is 3.69. The Labute approximate surface area is 109 Å². The Bertz CT molecular complexity index is 107. The number of hydrogen-bond donors (Lipinski definition) is 0. The standard InChI is InChI=1S/C8H14Br4/c1-2-6(10)8(12)7(11)4-3-5-9/h6-8H,2-5H2,1H3. The first-order valence-electron chi connectivity index (χ1n) is 4.11. The van der Waals surface area contributed by atoms with Crippen molar-refractivity contribution in [3.05, 3.63) is 0 Å². The van der Waals surface area contributed by atoms with Gasteiger partial charge < -0.3 is 0 Å². The van der Waals surface area contributed by atoms with E-state index in [2.05, 4.69) is 70.6 Å². The Morgan fingerprint density at radius 3 is 2.08 bits per heavy atom. The summed E-state index contributed by atoms with van der Waals surface area (Å²) in [6.07, 6.45) is 3.59. The zero-order valence-corrected chi connectivity index (χ0v) is 13.4. The first-order valence-corrected chi connectivity index (χ1v) is 7.98. The van der Waals surface area contributed by atoms with Gasteiger partial charge in [-0.2, -0.15) is 0 Å². The van der Waals surface area contributed by atoms with Crippen molar-refractivity contribution in [1.29, 1.82) is 0 Å². The summed E-state index contributed by atoms with van der Waals surface area (Å²) in [5.74, 6) is 0. The summed E-state index contributed by atoms with van der Waals surface area (Å²) in [6.45, 7) is 2.19. The molecule has 0 saturated heterocycles. The molecule has 0 rings (SSSR count). The smallest absolute Gasteiger partial charge is 0.0396 e. The maximum Gasteiger partial charge on any atom is 0.0396 e. The second kappa shape index (κ2) is 8.25. The van der Waals surface area contributed by atoms with E-state index >= 15 is 0 Å². The molecule has 3 atom stereocenters. The Hall–Kier alpha value is 1.92. The highest BCUT2D eigenvalue weighted by Gasteiger charge is 2.21. The van der Waals surface area contributed by atoms with Gasteiger partial charge in [0, 0.05) is 19.8 Å². The number of hydrogen-bond acceptors (Lipinski definition) is 0. The van der Waals surface area contributed by atoms with Crippen LogP contribution in [0.1, 0.15) is 26.2 Å². The van der Waals surface area contributed by atoms with Gasteiger partial charge >= 0.3 is 0 Å². The lowest BCUT2D eigenvalue weighted by atomic mass is 10.1. The molecule has 0 fully saturated rings. The van der Waals surface area contributed by atoms with Crippen LogP contribution in [0.2, 0.25) is 0 Å². The van der Waals surface area contributed by atoms with Crippen LogP contribution in [0.4, 0.5) is 0 Å². The fraction of sp³-hybridized carbons (Fsp3) is 1.00. The predicted octanol–water partition coefficient (Wildman–Crippen LogP) is 4.86. The van der Waals surface area contributed by atoms with Crippen molar-refractivity contribution in [2.24, 2.45) is 0 Å². The highest BCUT2D eigenvalue weighted by molar-refractivity contribution is 9.13. The number of rotatable bonds is 6. The van der Waals surface area contributed by atoms with Gasteiger partial charge in [-0.05, 0) is 19.3 Å². The van der Waals surface area contributed by atoms with Gasteiger partial charge in [-0.3, -0.25) is 0 Å². The Balaban J connectivity index is 3.67. The molecule has 0 heterocycles. The summed E-state index contributed by atoms with van der Waals surface area (Å²) >= 11 is 14.5. The minimum absolute atomic E-state index is 0.529. The summed E-state index contributed by atoms with van der Waals surface area (Å²) in [5, 5.41) is 1.09. The quantitative estimate of drug-likeness (QED) is 0.529. The zero-order chi connectivity index (χ0) is 9.56. The average molecular weight is 430 g/mol. The normalized spacial score (nSPS) is 18.8. The van der Waals surface area contributed by atoms with Crippen molar-refractivity contribution in [3.8, 4) is 0 Å². The molecular formula is C8H14Br4. The third-order valence-corrected chi connectivity index (χ3v) is 7.19. The summed E-state index contributed by atoms with van der Waals surface area (Å²) < 4.78 is 0. The molecule has 0 aromatic carbocycles. The third kappa shape index (κ3) is 5.61. The average Bonchev–Trinajstić information content (AvgIpc) is 2.11. The van der Waals surface area contributed by atoms with Crippen molar-refractivity contribution >= 4 is 63.7 Å². The fourth-order valence-corrected chi connectivity index (χ4v) is 3.32. The second-order valence-electron chi connectivity index (χ2n) is 2.72. The molecule has 0 aliphatic heterocycles. The topological polar surface area (TPSA) is 0 Å². The first kappa shape index (κ1) is 13.9. The van der Waals surface area contributed by atoms with Gasteiger partial charge in [0.25, 0.3) is 0 Å². The summed E-state index contributed by atoms with van der Waals surface area (Å²) in [7, 11) is 0. The molecule has 12 heavy (non-hydrogen) atoms. The monoisotopic (exact) mass is 426 g/mol. The Morgan fingerprint density at radius 1 is 1.08 bits per heavy atom. The lowest BCUT2D eigenvalue weighted by Crippen LogP contribution is -2.23. The highest BCUT2D eigenvalue weighted by Crippen LogP contribution is 2.28. The van der Waals surface area contributed by atoms with E-state index in [-0.39, 0.29) is 0 Å². The van der Waals surface area contributed by atoms with Crippen molar-refractivity contribution < 1.29 is 0 Å². The molecule has 74 valence electrons. The minimum Gasteiger partial charge on any atom is -0.0928 e. The van der Waals surface area contributed by atoms with E-state index in [1.165, 1.54) is 12.8 Å². The molecule has 0 saturated carbocycles. The molecule has 4 heteroatoms. The van der Waals surface area contributed by atoms with E-state index in [0.29, 0.717) is 14.5 Å². The van der Waals surface area contributed by atoms with E-state index in [1.807, 2.05) is 0 Å². The SMILES string of the molecule is CCC(Br)C(Br)C(Br)CCCBr. The van der Waals surface area contributed by atoms with Gasteiger partial charge in [0.2, 0.25) is 0 Å². The Kier molecular flexibility index (Phi) is 9.57. The summed E-state index contributed by atoms with van der Waals surface area (Å²) in [6, 6.07) is 0. The van der Waals surface area contributed by atoms with Crippen LogP contribution >= 0.6 is 63.7 Å². The van der Waals surface area contributed by atoms with Crippen LogP contribution < -0.4 is 0 Å². The van der Waals surface area contributed by atoms with E-state index in [4.69, 9.17) is 0 Å².